The van der Waals surface area contributed by atoms with Crippen molar-refractivity contribution in [2.75, 3.05) is 6.61 Å². The molecule has 1 aromatic rings. The Morgan fingerprint density at radius 2 is 2.10 bits per heavy atom. The predicted octanol–water partition coefficient (Wildman–Crippen LogP) is 0.367. The molecule has 1 rings (SSSR count). The van der Waals surface area contributed by atoms with Gasteiger partial charge in [-0.05, 0) is 40.3 Å². The Morgan fingerprint density at radius 3 is 2.65 bits per heavy atom. The second kappa shape index (κ2) is 7.83. The molecule has 3 N–H and O–H groups in total. The van der Waals surface area contributed by atoms with E-state index in [0.717, 1.165) is 9.13 Å². The van der Waals surface area contributed by atoms with E-state index in [0.29, 0.717) is 0 Å². The van der Waals surface area contributed by atoms with Crippen LogP contribution in [0.3, 0.4) is 0 Å². The second-order valence-corrected chi connectivity index (χ2v) is 5.38. The second-order valence-electron chi connectivity index (χ2n) is 4.14. The highest BCUT2D eigenvalue weighted by Gasteiger charge is 2.19. The summed E-state index contributed by atoms with van der Waals surface area (Å²) in [5.74, 6) is -1.76. The van der Waals surface area contributed by atoms with Crippen LogP contribution in [0.15, 0.2) is 24.3 Å². The third kappa shape index (κ3) is 6.00. The third-order valence-electron chi connectivity index (χ3n) is 2.41. The molecular formula is C13H15IN2O4. The number of halogens is 1. The summed E-state index contributed by atoms with van der Waals surface area (Å²) >= 11 is 2.15. The van der Waals surface area contributed by atoms with Crippen LogP contribution in [0.5, 0.6) is 0 Å². The zero-order chi connectivity index (χ0) is 15.1. The zero-order valence-corrected chi connectivity index (χ0v) is 13.0. The molecular weight excluding hydrogens is 375 g/mol. The summed E-state index contributed by atoms with van der Waals surface area (Å²) in [5.41, 5.74) is 6.15. The SMILES string of the molecule is CC(=O)OCC(=O)N[C@@H](Cc1cccc(I)c1)C(N)=O. The maximum atomic E-state index is 11.5. The quantitative estimate of drug-likeness (QED) is 0.542. The van der Waals surface area contributed by atoms with Gasteiger partial charge in [0.1, 0.15) is 6.04 Å². The van der Waals surface area contributed by atoms with Crippen molar-refractivity contribution in [3.63, 3.8) is 0 Å². The average Bonchev–Trinajstić information content (AvgIpc) is 2.35. The molecule has 0 heterocycles. The first kappa shape index (κ1) is 16.4. The number of amides is 2. The van der Waals surface area contributed by atoms with Crippen molar-refractivity contribution in [1.82, 2.24) is 5.32 Å². The molecule has 0 aliphatic carbocycles. The van der Waals surface area contributed by atoms with Crippen molar-refractivity contribution in [2.24, 2.45) is 5.73 Å². The van der Waals surface area contributed by atoms with Crippen LogP contribution >= 0.6 is 22.6 Å². The van der Waals surface area contributed by atoms with Gasteiger partial charge in [-0.2, -0.15) is 0 Å². The number of primary amides is 1. The van der Waals surface area contributed by atoms with E-state index >= 15 is 0 Å². The Morgan fingerprint density at radius 1 is 1.40 bits per heavy atom. The number of nitrogens with one attached hydrogen (secondary N) is 1. The van der Waals surface area contributed by atoms with Gasteiger partial charge in [-0.15, -0.1) is 0 Å². The van der Waals surface area contributed by atoms with E-state index in [1.807, 2.05) is 24.3 Å². The molecule has 0 spiro atoms. The highest BCUT2D eigenvalue weighted by Crippen LogP contribution is 2.09. The molecule has 0 bridgehead atoms. The van der Waals surface area contributed by atoms with Crippen LogP contribution in [0.2, 0.25) is 0 Å². The topological polar surface area (TPSA) is 98.5 Å². The van der Waals surface area contributed by atoms with Gasteiger partial charge in [0.2, 0.25) is 5.91 Å². The summed E-state index contributed by atoms with van der Waals surface area (Å²) in [6.07, 6.45) is 0.290. The number of esters is 1. The third-order valence-corrected chi connectivity index (χ3v) is 3.09. The van der Waals surface area contributed by atoms with Gasteiger partial charge in [-0.1, -0.05) is 12.1 Å². The fraction of sp³-hybridized carbons (Fsp3) is 0.308. The Hall–Kier alpha value is -1.64. The predicted molar refractivity (Wildman–Crippen MR) is 80.6 cm³/mol. The first-order chi connectivity index (χ1) is 9.38. The van der Waals surface area contributed by atoms with Crippen molar-refractivity contribution >= 4 is 40.4 Å². The van der Waals surface area contributed by atoms with E-state index < -0.39 is 30.4 Å². The molecule has 20 heavy (non-hydrogen) atoms. The minimum atomic E-state index is -0.837. The van der Waals surface area contributed by atoms with Crippen molar-refractivity contribution < 1.29 is 19.1 Å². The summed E-state index contributed by atoms with van der Waals surface area (Å²) in [5, 5.41) is 2.45. The van der Waals surface area contributed by atoms with Crippen molar-refractivity contribution in [3.05, 3.63) is 33.4 Å². The molecule has 0 aliphatic rings. The van der Waals surface area contributed by atoms with E-state index in [-0.39, 0.29) is 6.42 Å². The highest BCUT2D eigenvalue weighted by atomic mass is 127. The number of ether oxygens (including phenoxy) is 1. The molecule has 1 aromatic carbocycles. The van der Waals surface area contributed by atoms with Gasteiger partial charge in [-0.25, -0.2) is 0 Å². The van der Waals surface area contributed by atoms with E-state index in [1.165, 1.54) is 6.92 Å². The van der Waals surface area contributed by atoms with Crippen LogP contribution in [-0.4, -0.2) is 30.4 Å². The Balaban J connectivity index is 2.63. The number of benzene rings is 1. The van der Waals surface area contributed by atoms with Crippen molar-refractivity contribution in [1.29, 1.82) is 0 Å². The maximum Gasteiger partial charge on any atom is 0.303 e. The molecule has 2 amide bonds. The monoisotopic (exact) mass is 390 g/mol. The van der Waals surface area contributed by atoms with Crippen molar-refractivity contribution in [2.45, 2.75) is 19.4 Å². The number of hydrogen-bond acceptors (Lipinski definition) is 4. The molecule has 0 aromatic heterocycles. The number of hydrogen-bond donors (Lipinski definition) is 2. The van der Waals surface area contributed by atoms with Gasteiger partial charge in [0, 0.05) is 16.9 Å². The lowest BCUT2D eigenvalue weighted by atomic mass is 10.1. The average molecular weight is 390 g/mol. The van der Waals surface area contributed by atoms with Gasteiger partial charge in [-0.3, -0.25) is 14.4 Å². The largest absolute Gasteiger partial charge is 0.456 e. The smallest absolute Gasteiger partial charge is 0.303 e. The number of carbonyl (C=O) groups is 3. The van der Waals surface area contributed by atoms with Gasteiger partial charge in [0.05, 0.1) is 0 Å². The van der Waals surface area contributed by atoms with Crippen LogP contribution in [0.1, 0.15) is 12.5 Å². The minimum absolute atomic E-state index is 0.290. The molecule has 0 fully saturated rings. The Labute approximate surface area is 130 Å². The molecule has 0 aliphatic heterocycles. The molecule has 1 atom stereocenters. The fourth-order valence-corrected chi connectivity index (χ4v) is 2.13. The molecule has 7 heteroatoms. The molecule has 6 nitrogen and oxygen atoms in total. The lowest BCUT2D eigenvalue weighted by Crippen LogP contribution is -2.47. The van der Waals surface area contributed by atoms with Crippen LogP contribution in [0, 0.1) is 3.57 Å². The van der Waals surface area contributed by atoms with Gasteiger partial charge < -0.3 is 15.8 Å². The van der Waals surface area contributed by atoms with Crippen LogP contribution in [0.25, 0.3) is 0 Å². The van der Waals surface area contributed by atoms with E-state index in [1.54, 1.807) is 0 Å². The molecule has 0 saturated heterocycles. The number of rotatable bonds is 6. The Kier molecular flexibility index (Phi) is 6.43. The summed E-state index contributed by atoms with van der Waals surface area (Å²) in [4.78, 5) is 33.5. The van der Waals surface area contributed by atoms with E-state index in [4.69, 9.17) is 5.73 Å². The van der Waals surface area contributed by atoms with Crippen LogP contribution < -0.4 is 11.1 Å². The first-order valence-corrected chi connectivity index (χ1v) is 6.93. The van der Waals surface area contributed by atoms with E-state index in [2.05, 4.69) is 32.6 Å². The summed E-state index contributed by atoms with van der Waals surface area (Å²) < 4.78 is 5.57. The van der Waals surface area contributed by atoms with Gasteiger partial charge in [0.15, 0.2) is 6.61 Å². The molecule has 0 radical (unpaired) electrons. The number of carbonyl (C=O) groups excluding carboxylic acids is 3. The summed E-state index contributed by atoms with van der Waals surface area (Å²) in [6.45, 7) is 0.774. The summed E-state index contributed by atoms with van der Waals surface area (Å²) in [7, 11) is 0. The standard InChI is InChI=1S/C13H15IN2O4/c1-8(17)20-7-12(18)16-11(13(15)19)6-9-3-2-4-10(14)5-9/h2-5,11H,6-7H2,1H3,(H2,15,19)(H,16,18)/t11-/m0/s1. The Bertz CT molecular complexity index is 519. The normalized spacial score (nSPS) is 11.5. The number of nitrogens with two attached hydrogens (primary N) is 1. The van der Waals surface area contributed by atoms with Gasteiger partial charge in [0.25, 0.3) is 5.91 Å². The zero-order valence-electron chi connectivity index (χ0n) is 10.9. The molecule has 0 unspecified atom stereocenters. The molecule has 108 valence electrons. The lowest BCUT2D eigenvalue weighted by molar-refractivity contribution is -0.146. The lowest BCUT2D eigenvalue weighted by Gasteiger charge is -2.15. The van der Waals surface area contributed by atoms with Crippen molar-refractivity contribution in [3.8, 4) is 0 Å². The minimum Gasteiger partial charge on any atom is -0.456 e. The van der Waals surface area contributed by atoms with Gasteiger partial charge >= 0.3 is 5.97 Å². The van der Waals surface area contributed by atoms with Crippen LogP contribution in [-0.2, 0) is 25.5 Å². The maximum absolute atomic E-state index is 11.5. The fourth-order valence-electron chi connectivity index (χ4n) is 1.53. The highest BCUT2D eigenvalue weighted by molar-refractivity contribution is 14.1. The first-order valence-electron chi connectivity index (χ1n) is 5.85. The van der Waals surface area contributed by atoms with E-state index in [9.17, 15) is 14.4 Å². The molecule has 0 saturated carbocycles. The summed E-state index contributed by atoms with van der Waals surface area (Å²) in [6, 6.07) is 6.68. The van der Waals surface area contributed by atoms with Crippen LogP contribution in [0.4, 0.5) is 0 Å².